The van der Waals surface area contributed by atoms with Gasteiger partial charge in [-0.2, -0.15) is 18.3 Å². The SMILES string of the molecule is Cn1nc(C(F)(F)F)cc1CC1CC2(C1)CN(C(=O)C1CC(C)(O)C1)C2. The van der Waals surface area contributed by atoms with E-state index < -0.39 is 17.5 Å². The summed E-state index contributed by atoms with van der Waals surface area (Å²) in [5, 5.41) is 13.3. The summed E-state index contributed by atoms with van der Waals surface area (Å²) in [6.07, 6.45) is -0.823. The largest absolute Gasteiger partial charge is 0.435 e. The molecule has 1 aliphatic heterocycles. The van der Waals surface area contributed by atoms with E-state index in [1.165, 1.54) is 4.68 Å². The van der Waals surface area contributed by atoms with Gasteiger partial charge in [0.1, 0.15) is 0 Å². The predicted octanol–water partition coefficient (Wildman–Crippen LogP) is 2.38. The van der Waals surface area contributed by atoms with Crippen molar-refractivity contribution in [3.63, 3.8) is 0 Å². The number of amides is 1. The number of hydrogen-bond acceptors (Lipinski definition) is 3. The molecule has 0 unspecified atom stereocenters. The molecule has 144 valence electrons. The van der Waals surface area contributed by atoms with E-state index in [0.29, 0.717) is 30.9 Å². The second-order valence-electron chi connectivity index (χ2n) is 8.92. The molecule has 0 atom stereocenters. The quantitative estimate of drug-likeness (QED) is 0.888. The van der Waals surface area contributed by atoms with Gasteiger partial charge in [0.25, 0.3) is 0 Å². The lowest BCUT2D eigenvalue weighted by Gasteiger charge is -2.60. The number of alkyl halides is 3. The zero-order valence-electron chi connectivity index (χ0n) is 15.0. The molecule has 1 N–H and O–H groups in total. The summed E-state index contributed by atoms with van der Waals surface area (Å²) in [5.41, 5.74) is -0.747. The molecule has 1 amide bonds. The van der Waals surface area contributed by atoms with Crippen LogP contribution in [0.15, 0.2) is 6.07 Å². The number of aryl methyl sites for hydroxylation is 1. The molecule has 0 bridgehead atoms. The summed E-state index contributed by atoms with van der Waals surface area (Å²) in [5.74, 6) is 0.452. The summed E-state index contributed by atoms with van der Waals surface area (Å²) >= 11 is 0. The molecule has 0 radical (unpaired) electrons. The molecule has 1 aromatic rings. The Morgan fingerprint density at radius 2 is 1.92 bits per heavy atom. The fraction of sp³-hybridized carbons (Fsp3) is 0.778. The van der Waals surface area contributed by atoms with Crippen LogP contribution in [0.4, 0.5) is 13.2 Å². The lowest BCUT2D eigenvalue weighted by molar-refractivity contribution is -0.171. The maximum atomic E-state index is 12.7. The Bertz CT molecular complexity index is 719. The van der Waals surface area contributed by atoms with E-state index in [9.17, 15) is 23.1 Å². The third kappa shape index (κ3) is 3.02. The smallest absolute Gasteiger partial charge is 0.390 e. The molecule has 3 fully saturated rings. The van der Waals surface area contributed by atoms with Crippen molar-refractivity contribution in [2.24, 2.45) is 24.3 Å². The molecule has 1 saturated heterocycles. The van der Waals surface area contributed by atoms with Gasteiger partial charge in [0.2, 0.25) is 5.91 Å². The predicted molar refractivity (Wildman–Crippen MR) is 87.0 cm³/mol. The Hall–Kier alpha value is -1.57. The third-order valence-corrected chi connectivity index (χ3v) is 6.29. The standard InChI is InChI=1S/C18H24F3N3O2/c1-16(26)7-12(8-16)15(25)24-9-17(10-24)5-11(6-17)3-13-4-14(18(19,20)21)22-23(13)2/h4,11-12,26H,3,5-10H2,1-2H3. The van der Waals surface area contributed by atoms with Crippen LogP contribution in [0.2, 0.25) is 0 Å². The van der Waals surface area contributed by atoms with E-state index in [0.717, 1.165) is 32.0 Å². The molecule has 0 aromatic carbocycles. The number of aromatic nitrogens is 2. The van der Waals surface area contributed by atoms with Gasteiger partial charge < -0.3 is 10.0 Å². The van der Waals surface area contributed by atoms with Gasteiger partial charge >= 0.3 is 6.18 Å². The Labute approximate surface area is 150 Å². The van der Waals surface area contributed by atoms with E-state index >= 15 is 0 Å². The van der Waals surface area contributed by atoms with E-state index in [1.54, 1.807) is 14.0 Å². The van der Waals surface area contributed by atoms with E-state index in [4.69, 9.17) is 0 Å². The number of aliphatic hydroxyl groups is 1. The van der Waals surface area contributed by atoms with Crippen molar-refractivity contribution in [2.75, 3.05) is 13.1 Å². The molecule has 1 spiro atoms. The highest BCUT2D eigenvalue weighted by Gasteiger charge is 2.55. The molecular weight excluding hydrogens is 347 g/mol. The topological polar surface area (TPSA) is 58.4 Å². The molecule has 1 aromatic heterocycles. The average molecular weight is 371 g/mol. The first-order chi connectivity index (χ1) is 12.0. The average Bonchev–Trinajstić information content (AvgIpc) is 2.77. The number of halogens is 3. The highest BCUT2D eigenvalue weighted by Crippen LogP contribution is 2.54. The molecule has 2 saturated carbocycles. The minimum atomic E-state index is -4.40. The molecule has 2 heterocycles. The second-order valence-corrected chi connectivity index (χ2v) is 8.92. The first kappa shape index (κ1) is 17.8. The van der Waals surface area contributed by atoms with Gasteiger partial charge in [0.15, 0.2) is 5.69 Å². The Morgan fingerprint density at radius 1 is 1.31 bits per heavy atom. The zero-order chi connectivity index (χ0) is 18.9. The maximum absolute atomic E-state index is 12.7. The van der Waals surface area contributed by atoms with Crippen molar-refractivity contribution < 1.29 is 23.1 Å². The van der Waals surface area contributed by atoms with Crippen LogP contribution in [-0.2, 0) is 24.4 Å². The maximum Gasteiger partial charge on any atom is 0.435 e. The molecular formula is C18H24F3N3O2. The zero-order valence-corrected chi connectivity index (χ0v) is 15.0. The number of nitrogens with zero attached hydrogens (tertiary/aromatic N) is 3. The van der Waals surface area contributed by atoms with Gasteiger partial charge in [-0.15, -0.1) is 0 Å². The van der Waals surface area contributed by atoms with Crippen LogP contribution in [0.3, 0.4) is 0 Å². The summed E-state index contributed by atoms with van der Waals surface area (Å²) in [6.45, 7) is 3.26. The minimum Gasteiger partial charge on any atom is -0.390 e. The Kier molecular flexibility index (Phi) is 3.75. The van der Waals surface area contributed by atoms with Crippen LogP contribution in [-0.4, -0.2) is 44.4 Å². The van der Waals surface area contributed by atoms with E-state index in [2.05, 4.69) is 5.10 Å². The van der Waals surface area contributed by atoms with Crippen LogP contribution < -0.4 is 0 Å². The van der Waals surface area contributed by atoms with Crippen LogP contribution in [0, 0.1) is 17.3 Å². The lowest BCUT2D eigenvalue weighted by Crippen LogP contribution is -2.66. The summed E-state index contributed by atoms with van der Waals surface area (Å²) in [4.78, 5) is 14.2. The third-order valence-electron chi connectivity index (χ3n) is 6.29. The van der Waals surface area contributed by atoms with E-state index in [-0.39, 0.29) is 17.2 Å². The Balaban J connectivity index is 1.26. The van der Waals surface area contributed by atoms with Gasteiger partial charge in [-0.3, -0.25) is 9.48 Å². The summed E-state index contributed by atoms with van der Waals surface area (Å²) < 4.78 is 39.5. The summed E-state index contributed by atoms with van der Waals surface area (Å²) in [6, 6.07) is 1.14. The van der Waals surface area contributed by atoms with E-state index in [1.807, 2.05) is 4.90 Å². The molecule has 26 heavy (non-hydrogen) atoms. The minimum absolute atomic E-state index is 0.0477. The number of hydrogen-bond donors (Lipinski definition) is 1. The first-order valence-corrected chi connectivity index (χ1v) is 9.08. The first-order valence-electron chi connectivity index (χ1n) is 9.08. The molecule has 3 aliphatic rings. The fourth-order valence-electron chi connectivity index (χ4n) is 5.05. The second kappa shape index (κ2) is 5.47. The fourth-order valence-corrected chi connectivity index (χ4v) is 5.05. The van der Waals surface area contributed by atoms with Crippen molar-refractivity contribution >= 4 is 5.91 Å². The summed E-state index contributed by atoms with van der Waals surface area (Å²) in [7, 11) is 1.55. The van der Waals surface area contributed by atoms with Crippen molar-refractivity contribution in [3.05, 3.63) is 17.5 Å². The van der Waals surface area contributed by atoms with Crippen LogP contribution >= 0.6 is 0 Å². The number of likely N-dealkylation sites (tertiary alicyclic amines) is 1. The van der Waals surface area contributed by atoms with Crippen molar-refractivity contribution in [1.82, 2.24) is 14.7 Å². The van der Waals surface area contributed by atoms with Gasteiger partial charge in [0.05, 0.1) is 5.60 Å². The van der Waals surface area contributed by atoms with Gasteiger partial charge in [0, 0.05) is 37.2 Å². The number of rotatable bonds is 3. The molecule has 2 aliphatic carbocycles. The van der Waals surface area contributed by atoms with Crippen molar-refractivity contribution in [3.8, 4) is 0 Å². The van der Waals surface area contributed by atoms with Gasteiger partial charge in [-0.1, -0.05) is 0 Å². The van der Waals surface area contributed by atoms with Crippen molar-refractivity contribution in [2.45, 2.75) is 50.8 Å². The monoisotopic (exact) mass is 371 g/mol. The van der Waals surface area contributed by atoms with Crippen LogP contribution in [0.1, 0.15) is 44.0 Å². The molecule has 8 heteroatoms. The molecule has 4 rings (SSSR count). The van der Waals surface area contributed by atoms with Gasteiger partial charge in [-0.05, 0) is 51.0 Å². The van der Waals surface area contributed by atoms with Crippen LogP contribution in [0.25, 0.3) is 0 Å². The van der Waals surface area contributed by atoms with Gasteiger partial charge in [-0.25, -0.2) is 0 Å². The number of carbonyl (C=O) groups excluding carboxylic acids is 1. The normalized spacial score (nSPS) is 30.7. The van der Waals surface area contributed by atoms with Crippen LogP contribution in [0.5, 0.6) is 0 Å². The molecule has 5 nitrogen and oxygen atoms in total. The van der Waals surface area contributed by atoms with Crippen molar-refractivity contribution in [1.29, 1.82) is 0 Å². The number of carbonyl (C=O) groups is 1. The highest BCUT2D eigenvalue weighted by atomic mass is 19.4. The highest BCUT2D eigenvalue weighted by molar-refractivity contribution is 5.81. The lowest BCUT2D eigenvalue weighted by atomic mass is 9.56. The Morgan fingerprint density at radius 3 is 2.42 bits per heavy atom.